The van der Waals surface area contributed by atoms with E-state index in [0.29, 0.717) is 5.92 Å². The molecule has 1 radical (unpaired) electrons. The van der Waals surface area contributed by atoms with Gasteiger partial charge in [-0.3, -0.25) is 0 Å². The quantitative estimate of drug-likeness (QED) is 0.326. The normalized spacial score (nSPS) is 23.4. The minimum atomic E-state index is -1.75. The van der Waals surface area contributed by atoms with Crippen molar-refractivity contribution in [3.05, 3.63) is 46.5 Å². The van der Waals surface area contributed by atoms with Crippen molar-refractivity contribution in [1.82, 2.24) is 0 Å². The number of halogens is 3. The molecule has 26 heavy (non-hydrogen) atoms. The van der Waals surface area contributed by atoms with Gasteiger partial charge in [-0.05, 0) is 43.5 Å². The van der Waals surface area contributed by atoms with Gasteiger partial charge in [-0.2, -0.15) is 11.1 Å². The summed E-state index contributed by atoms with van der Waals surface area (Å²) in [7, 11) is -1.75. The minimum absolute atomic E-state index is 0. The summed E-state index contributed by atoms with van der Waals surface area (Å²) in [5.41, 5.74) is 7.42. The van der Waals surface area contributed by atoms with Crippen LogP contribution in [0, 0.1) is 5.92 Å². The molecule has 0 spiro atoms. The van der Waals surface area contributed by atoms with E-state index in [-0.39, 0.29) is 46.5 Å². The van der Waals surface area contributed by atoms with E-state index in [0.717, 1.165) is 0 Å². The van der Waals surface area contributed by atoms with Crippen LogP contribution < -0.4 is 35.2 Å². The fourth-order valence-corrected chi connectivity index (χ4v) is 9.84. The molecule has 0 saturated carbocycles. The van der Waals surface area contributed by atoms with Crippen LogP contribution in [-0.2, 0) is 21.7 Å². The molecule has 0 saturated heterocycles. The van der Waals surface area contributed by atoms with E-state index in [9.17, 15) is 0 Å². The zero-order valence-electron chi connectivity index (χ0n) is 15.9. The molecule has 1 aliphatic carbocycles. The molecule has 2 unspecified atom stereocenters. The van der Waals surface area contributed by atoms with E-state index in [4.69, 9.17) is 11.1 Å². The van der Waals surface area contributed by atoms with Crippen molar-refractivity contribution in [2.45, 2.75) is 47.1 Å². The third-order valence-corrected chi connectivity index (χ3v) is 11.4. The second-order valence-electron chi connectivity index (χ2n) is 7.32. The third-order valence-electron chi connectivity index (χ3n) is 6.20. The van der Waals surface area contributed by atoms with Crippen LogP contribution in [0.5, 0.6) is 0 Å². The summed E-state index contributed by atoms with van der Waals surface area (Å²) in [4.78, 5) is 0. The first-order chi connectivity index (χ1) is 10.9. The first-order valence-corrected chi connectivity index (χ1v) is 11.9. The van der Waals surface area contributed by atoms with Gasteiger partial charge in [0.2, 0.25) is 0 Å². The standard InChI is InChI=1S/C21H24ClSi.2ClH.Ti/c1-6-10-23(22)18-11-16-8-7-9-17(20(16)21(18)23)19-14(4)12(2)13(3)15(19)5;;;/h7-9,11,14H,6,10H2,1-5H3;2*1H;/q-1;;;+3/p-2. The summed E-state index contributed by atoms with van der Waals surface area (Å²) >= 11 is 7.06. The van der Waals surface area contributed by atoms with Crippen LogP contribution in [0.25, 0.3) is 16.3 Å². The number of hydrogen-bond acceptors (Lipinski definition) is 0. The number of fused-ring (bicyclic) bond motifs is 3. The topological polar surface area (TPSA) is 0 Å². The van der Waals surface area contributed by atoms with Crippen molar-refractivity contribution in [1.29, 1.82) is 0 Å². The Morgan fingerprint density at radius 3 is 2.31 bits per heavy atom. The molecule has 137 valence electrons. The van der Waals surface area contributed by atoms with Gasteiger partial charge in [-0.15, -0.1) is 39.3 Å². The first-order valence-electron chi connectivity index (χ1n) is 8.73. The third kappa shape index (κ3) is 3.13. The molecule has 2 aromatic rings. The Balaban J connectivity index is 0.00000113. The number of allylic oxidation sites excluding steroid dienone is 4. The van der Waals surface area contributed by atoms with E-state index in [2.05, 4.69) is 58.9 Å². The maximum Gasteiger partial charge on any atom is 3.00 e. The summed E-state index contributed by atoms with van der Waals surface area (Å²) in [5, 5.41) is 5.92. The smallest absolute Gasteiger partial charge is 1.00 e. The zero-order chi connectivity index (χ0) is 16.5. The largest absolute Gasteiger partial charge is 3.00 e. The predicted octanol–water partition coefficient (Wildman–Crippen LogP) is -0.654. The average Bonchev–Trinajstić information content (AvgIpc) is 2.83. The summed E-state index contributed by atoms with van der Waals surface area (Å²) in [5.74, 6) is 0.516. The van der Waals surface area contributed by atoms with Crippen LogP contribution in [-0.4, -0.2) is 7.38 Å². The van der Waals surface area contributed by atoms with E-state index in [1.54, 1.807) is 5.19 Å². The molecule has 0 fully saturated rings. The SMILES string of the molecule is CCC[Si]1(Cl)c2[cH-]c3cccc(C4=C(C)C(C)=C(C)C4C)c3c21.[Cl-].[Cl-].[Ti+3]. The predicted molar refractivity (Wildman–Crippen MR) is 106 cm³/mol. The zero-order valence-corrected chi connectivity index (χ0v) is 20.8. The van der Waals surface area contributed by atoms with Gasteiger partial charge in [0.05, 0.1) is 0 Å². The Morgan fingerprint density at radius 2 is 1.77 bits per heavy atom. The average molecular weight is 459 g/mol. The van der Waals surface area contributed by atoms with E-state index in [1.165, 1.54) is 56.3 Å². The number of hydrogen-bond donors (Lipinski definition) is 0. The molecule has 0 amide bonds. The number of rotatable bonds is 3. The van der Waals surface area contributed by atoms with Crippen molar-refractivity contribution >= 4 is 45.2 Å². The van der Waals surface area contributed by atoms with Gasteiger partial charge in [-0.1, -0.05) is 37.5 Å². The molecule has 1 aliphatic heterocycles. The van der Waals surface area contributed by atoms with Crippen LogP contribution in [0.2, 0.25) is 6.04 Å². The maximum atomic E-state index is 7.06. The van der Waals surface area contributed by atoms with Crippen LogP contribution in [0.3, 0.4) is 0 Å². The van der Waals surface area contributed by atoms with Gasteiger partial charge in [-0.25, -0.2) is 0 Å². The van der Waals surface area contributed by atoms with Gasteiger partial charge >= 0.3 is 21.7 Å². The van der Waals surface area contributed by atoms with Crippen LogP contribution >= 0.6 is 11.1 Å². The van der Waals surface area contributed by atoms with Gasteiger partial charge in [0.1, 0.15) is 7.38 Å². The molecule has 4 rings (SSSR count). The Labute approximate surface area is 190 Å². The summed E-state index contributed by atoms with van der Waals surface area (Å²) in [6.07, 6.45) is 1.19. The second-order valence-corrected chi connectivity index (χ2v) is 12.4. The van der Waals surface area contributed by atoms with E-state index < -0.39 is 7.38 Å². The summed E-state index contributed by atoms with van der Waals surface area (Å²) in [6.45, 7) is 11.4. The Bertz CT molecular complexity index is 909. The molecule has 0 bridgehead atoms. The van der Waals surface area contributed by atoms with Gasteiger partial charge in [0.25, 0.3) is 0 Å². The summed E-state index contributed by atoms with van der Waals surface area (Å²) < 4.78 is 0. The second kappa shape index (κ2) is 8.23. The fraction of sp³-hybridized carbons (Fsp3) is 0.381. The van der Waals surface area contributed by atoms with Crippen LogP contribution in [0.4, 0.5) is 0 Å². The molecule has 5 heteroatoms. The molecule has 0 aromatic heterocycles. The Morgan fingerprint density at radius 1 is 1.12 bits per heavy atom. The van der Waals surface area contributed by atoms with Crippen molar-refractivity contribution in [2.24, 2.45) is 5.92 Å². The van der Waals surface area contributed by atoms with Crippen molar-refractivity contribution < 1.29 is 46.5 Å². The van der Waals surface area contributed by atoms with E-state index >= 15 is 0 Å². The molecule has 0 nitrogen and oxygen atoms in total. The fourth-order valence-electron chi connectivity index (χ4n) is 4.59. The molecule has 2 aliphatic rings. The summed E-state index contributed by atoms with van der Waals surface area (Å²) in [6, 6.07) is 10.4. The number of benzene rings is 1. The van der Waals surface area contributed by atoms with Gasteiger partial charge in [0, 0.05) is 5.92 Å². The monoisotopic (exact) mass is 457 g/mol. The molecule has 2 atom stereocenters. The van der Waals surface area contributed by atoms with Crippen molar-refractivity contribution in [3.63, 3.8) is 0 Å². The molecule has 1 heterocycles. The molecule has 0 N–H and O–H groups in total. The molecular weight excluding hydrogens is 435 g/mol. The minimum Gasteiger partial charge on any atom is -1.00 e. The van der Waals surface area contributed by atoms with Gasteiger partial charge < -0.3 is 24.8 Å². The van der Waals surface area contributed by atoms with Crippen molar-refractivity contribution in [2.75, 3.05) is 0 Å². The van der Waals surface area contributed by atoms with Crippen molar-refractivity contribution in [3.8, 4) is 0 Å². The first kappa shape index (κ1) is 24.1. The Hall–Kier alpha value is 0.111. The Kier molecular flexibility index (Phi) is 7.65. The van der Waals surface area contributed by atoms with E-state index in [1.807, 2.05) is 0 Å². The van der Waals surface area contributed by atoms with Crippen LogP contribution in [0.1, 0.15) is 46.6 Å². The maximum absolute atomic E-state index is 7.06. The van der Waals surface area contributed by atoms with Gasteiger partial charge in [0.15, 0.2) is 0 Å². The van der Waals surface area contributed by atoms with Crippen LogP contribution in [0.15, 0.2) is 41.0 Å². The molecular formula is C21H24Cl3SiTi. The molecule has 2 aromatic carbocycles.